The van der Waals surface area contributed by atoms with E-state index < -0.39 is 0 Å². The van der Waals surface area contributed by atoms with Crippen LogP contribution in [0.1, 0.15) is 38.5 Å². The summed E-state index contributed by atoms with van der Waals surface area (Å²) in [6.45, 7) is 6.32. The maximum atomic E-state index is 12.5. The molecule has 1 atom stereocenters. The van der Waals surface area contributed by atoms with Crippen molar-refractivity contribution >= 4 is 6.03 Å². The molecular weight excluding hydrogens is 226 g/mol. The Balaban J connectivity index is 1.61. The molecule has 2 amide bonds. The third kappa shape index (κ3) is 2.48. The Hall–Kier alpha value is -0.770. The predicted molar refractivity (Wildman–Crippen MR) is 71.6 cm³/mol. The van der Waals surface area contributed by atoms with Gasteiger partial charge >= 0.3 is 6.03 Å². The van der Waals surface area contributed by atoms with Gasteiger partial charge in [-0.05, 0) is 45.1 Å². The highest BCUT2D eigenvalue weighted by Crippen LogP contribution is 2.22. The molecule has 3 heterocycles. The lowest BCUT2D eigenvalue weighted by Crippen LogP contribution is -2.48. The van der Waals surface area contributed by atoms with Crippen molar-refractivity contribution in [2.45, 2.75) is 44.6 Å². The highest BCUT2D eigenvalue weighted by Gasteiger charge is 2.32. The molecule has 3 saturated heterocycles. The van der Waals surface area contributed by atoms with Crippen LogP contribution in [0.2, 0.25) is 0 Å². The van der Waals surface area contributed by atoms with E-state index in [2.05, 4.69) is 14.7 Å². The Bertz CT molecular complexity index is 301. The molecule has 0 bridgehead atoms. The van der Waals surface area contributed by atoms with Crippen molar-refractivity contribution in [2.75, 3.05) is 39.3 Å². The fourth-order valence-electron chi connectivity index (χ4n) is 3.67. The number of piperidine rings is 1. The summed E-state index contributed by atoms with van der Waals surface area (Å²) in [5.74, 6) is 0. The van der Waals surface area contributed by atoms with Crippen molar-refractivity contribution in [3.8, 4) is 0 Å². The lowest BCUT2D eigenvalue weighted by molar-refractivity contribution is 0.139. The first-order chi connectivity index (χ1) is 8.84. The Morgan fingerprint density at radius 1 is 0.778 bits per heavy atom. The number of hydrogen-bond donors (Lipinski definition) is 0. The van der Waals surface area contributed by atoms with Crippen LogP contribution in [0.3, 0.4) is 0 Å². The van der Waals surface area contributed by atoms with Gasteiger partial charge in [0, 0.05) is 38.8 Å². The standard InChI is InChI=1S/C14H25N3O/c18-14(16-7-2-1-3-8-16)17-11-5-10-15-9-4-6-13(15)12-17/h13H,1-12H2. The van der Waals surface area contributed by atoms with E-state index in [0.717, 1.165) is 32.6 Å². The van der Waals surface area contributed by atoms with Crippen LogP contribution < -0.4 is 0 Å². The van der Waals surface area contributed by atoms with Gasteiger partial charge in [0.1, 0.15) is 0 Å². The monoisotopic (exact) mass is 251 g/mol. The molecule has 4 nitrogen and oxygen atoms in total. The van der Waals surface area contributed by atoms with Crippen molar-refractivity contribution < 1.29 is 4.79 Å². The fraction of sp³-hybridized carbons (Fsp3) is 0.929. The number of carbonyl (C=O) groups excluding carboxylic acids is 1. The molecule has 102 valence electrons. The van der Waals surface area contributed by atoms with Crippen molar-refractivity contribution in [2.24, 2.45) is 0 Å². The van der Waals surface area contributed by atoms with Gasteiger partial charge in [-0.15, -0.1) is 0 Å². The Morgan fingerprint density at radius 3 is 2.33 bits per heavy atom. The van der Waals surface area contributed by atoms with Crippen LogP contribution in [-0.2, 0) is 0 Å². The lowest BCUT2D eigenvalue weighted by Gasteiger charge is -2.33. The number of likely N-dealkylation sites (tertiary alicyclic amines) is 1. The second-order valence-electron chi connectivity index (χ2n) is 5.96. The molecule has 4 heteroatoms. The van der Waals surface area contributed by atoms with Crippen LogP contribution in [0.15, 0.2) is 0 Å². The molecule has 18 heavy (non-hydrogen) atoms. The fourth-order valence-corrected chi connectivity index (χ4v) is 3.67. The second kappa shape index (κ2) is 5.47. The molecule has 3 aliphatic heterocycles. The molecule has 3 fully saturated rings. The lowest BCUT2D eigenvalue weighted by atomic mass is 10.1. The molecular formula is C14H25N3O. The van der Waals surface area contributed by atoms with E-state index in [1.54, 1.807) is 0 Å². The molecule has 0 aliphatic carbocycles. The molecule has 0 spiro atoms. The van der Waals surface area contributed by atoms with Crippen LogP contribution in [0.25, 0.3) is 0 Å². The van der Waals surface area contributed by atoms with Gasteiger partial charge in [-0.25, -0.2) is 4.79 Å². The highest BCUT2D eigenvalue weighted by atomic mass is 16.2. The summed E-state index contributed by atoms with van der Waals surface area (Å²) in [6, 6.07) is 0.949. The van der Waals surface area contributed by atoms with Crippen LogP contribution in [0, 0.1) is 0 Å². The SMILES string of the molecule is O=C(N1CCCCC1)N1CCCN2CCCC2C1. The molecule has 0 N–H and O–H groups in total. The number of amides is 2. The minimum Gasteiger partial charge on any atom is -0.325 e. The van der Waals surface area contributed by atoms with Gasteiger partial charge in [0.25, 0.3) is 0 Å². The zero-order chi connectivity index (χ0) is 12.4. The normalized spacial score (nSPS) is 30.1. The zero-order valence-electron chi connectivity index (χ0n) is 11.3. The highest BCUT2D eigenvalue weighted by molar-refractivity contribution is 5.74. The van der Waals surface area contributed by atoms with Gasteiger partial charge in [0.05, 0.1) is 0 Å². The molecule has 0 saturated carbocycles. The number of carbonyl (C=O) groups is 1. The second-order valence-corrected chi connectivity index (χ2v) is 5.96. The van der Waals surface area contributed by atoms with E-state index >= 15 is 0 Å². The summed E-state index contributed by atoms with van der Waals surface area (Å²) in [6.07, 6.45) is 7.42. The Kier molecular flexibility index (Phi) is 3.73. The van der Waals surface area contributed by atoms with E-state index in [4.69, 9.17) is 0 Å². The first-order valence-electron chi connectivity index (χ1n) is 7.62. The Morgan fingerprint density at radius 2 is 1.50 bits per heavy atom. The van der Waals surface area contributed by atoms with Gasteiger partial charge in [-0.3, -0.25) is 4.90 Å². The summed E-state index contributed by atoms with van der Waals surface area (Å²) in [4.78, 5) is 19.3. The van der Waals surface area contributed by atoms with E-state index in [1.165, 1.54) is 45.2 Å². The number of fused-ring (bicyclic) bond motifs is 1. The summed E-state index contributed by atoms with van der Waals surface area (Å²) >= 11 is 0. The van der Waals surface area contributed by atoms with Gasteiger partial charge in [-0.1, -0.05) is 0 Å². The third-order valence-corrected chi connectivity index (χ3v) is 4.70. The van der Waals surface area contributed by atoms with Crippen molar-refractivity contribution in [3.05, 3.63) is 0 Å². The number of hydrogen-bond acceptors (Lipinski definition) is 2. The summed E-state index contributed by atoms with van der Waals surface area (Å²) in [5.41, 5.74) is 0. The van der Waals surface area contributed by atoms with Crippen LogP contribution >= 0.6 is 0 Å². The number of urea groups is 1. The number of rotatable bonds is 0. The molecule has 0 aromatic heterocycles. The van der Waals surface area contributed by atoms with Crippen molar-refractivity contribution in [1.29, 1.82) is 0 Å². The number of nitrogens with zero attached hydrogens (tertiary/aromatic N) is 3. The maximum absolute atomic E-state index is 12.5. The predicted octanol–water partition coefficient (Wildman–Crippen LogP) is 1.76. The van der Waals surface area contributed by atoms with Gasteiger partial charge < -0.3 is 9.80 Å². The van der Waals surface area contributed by atoms with Crippen LogP contribution in [0.4, 0.5) is 4.79 Å². The first kappa shape index (κ1) is 12.3. The van der Waals surface area contributed by atoms with E-state index in [1.807, 2.05) is 0 Å². The summed E-state index contributed by atoms with van der Waals surface area (Å²) in [7, 11) is 0. The van der Waals surface area contributed by atoms with Crippen LogP contribution in [-0.4, -0.2) is 66.0 Å². The average Bonchev–Trinajstić information content (AvgIpc) is 2.76. The molecule has 0 aromatic carbocycles. The van der Waals surface area contributed by atoms with Gasteiger partial charge in [0.2, 0.25) is 0 Å². The van der Waals surface area contributed by atoms with Crippen molar-refractivity contribution in [1.82, 2.24) is 14.7 Å². The summed E-state index contributed by atoms with van der Waals surface area (Å²) < 4.78 is 0. The van der Waals surface area contributed by atoms with Crippen LogP contribution in [0.5, 0.6) is 0 Å². The minimum absolute atomic E-state index is 0.309. The van der Waals surface area contributed by atoms with E-state index in [-0.39, 0.29) is 0 Å². The summed E-state index contributed by atoms with van der Waals surface area (Å²) in [5, 5.41) is 0. The minimum atomic E-state index is 0.309. The topological polar surface area (TPSA) is 26.8 Å². The first-order valence-corrected chi connectivity index (χ1v) is 7.62. The average molecular weight is 251 g/mol. The third-order valence-electron chi connectivity index (χ3n) is 4.70. The van der Waals surface area contributed by atoms with Gasteiger partial charge in [0.15, 0.2) is 0 Å². The molecule has 3 rings (SSSR count). The largest absolute Gasteiger partial charge is 0.325 e. The quantitative estimate of drug-likeness (QED) is 0.656. The molecule has 1 unspecified atom stereocenters. The zero-order valence-corrected chi connectivity index (χ0v) is 11.3. The smallest absolute Gasteiger partial charge is 0.320 e. The van der Waals surface area contributed by atoms with Crippen molar-refractivity contribution in [3.63, 3.8) is 0 Å². The maximum Gasteiger partial charge on any atom is 0.320 e. The molecule has 0 radical (unpaired) electrons. The Labute approximate surface area is 110 Å². The van der Waals surface area contributed by atoms with Gasteiger partial charge in [-0.2, -0.15) is 0 Å². The van der Waals surface area contributed by atoms with E-state index in [0.29, 0.717) is 12.1 Å². The molecule has 3 aliphatic rings. The molecule has 0 aromatic rings. The van der Waals surface area contributed by atoms with E-state index in [9.17, 15) is 4.79 Å².